The topological polar surface area (TPSA) is 38.0 Å². The van der Waals surface area contributed by atoms with Crippen LogP contribution in [-0.4, -0.2) is 19.1 Å². The molecule has 0 aliphatic heterocycles. The van der Waals surface area contributed by atoms with E-state index in [2.05, 4.69) is 19.2 Å². The number of nitrogens with two attached hydrogens (primary N) is 1. The lowest BCUT2D eigenvalue weighted by atomic mass is 9.78. The maximum Gasteiger partial charge on any atom is 0.00792 e. The molecule has 3 N–H and O–H groups in total. The number of hydrogen-bond acceptors (Lipinski definition) is 2. The molecule has 2 aliphatic rings. The highest BCUT2D eigenvalue weighted by atomic mass is 14.9. The van der Waals surface area contributed by atoms with Gasteiger partial charge in [0.1, 0.15) is 0 Å². The molecule has 0 amide bonds. The molecule has 0 radical (unpaired) electrons. The molecule has 2 fully saturated rings. The molecule has 0 spiro atoms. The zero-order valence-electron chi connectivity index (χ0n) is 12.4. The largest absolute Gasteiger partial charge is 0.327 e. The van der Waals surface area contributed by atoms with Crippen LogP contribution in [0.2, 0.25) is 0 Å². The van der Waals surface area contributed by atoms with E-state index in [-0.39, 0.29) is 0 Å². The fraction of sp³-hybridized carbons (Fsp3) is 1.00. The van der Waals surface area contributed by atoms with Gasteiger partial charge in [0.15, 0.2) is 0 Å². The van der Waals surface area contributed by atoms with Crippen LogP contribution >= 0.6 is 0 Å². The highest BCUT2D eigenvalue weighted by molar-refractivity contribution is 4.88. The lowest BCUT2D eigenvalue weighted by molar-refractivity contribution is 0.223. The zero-order valence-corrected chi connectivity index (χ0v) is 12.4. The van der Waals surface area contributed by atoms with Crippen molar-refractivity contribution in [2.45, 2.75) is 71.3 Å². The molecule has 2 nitrogen and oxygen atoms in total. The molecule has 0 aromatic heterocycles. The van der Waals surface area contributed by atoms with E-state index < -0.39 is 0 Å². The molecule has 1 unspecified atom stereocenters. The van der Waals surface area contributed by atoms with Crippen molar-refractivity contribution in [1.82, 2.24) is 5.32 Å². The van der Waals surface area contributed by atoms with Gasteiger partial charge in [0.05, 0.1) is 0 Å². The summed E-state index contributed by atoms with van der Waals surface area (Å²) in [5.41, 5.74) is 6.76. The van der Waals surface area contributed by atoms with Crippen molar-refractivity contribution >= 4 is 0 Å². The maximum absolute atomic E-state index is 6.15. The van der Waals surface area contributed by atoms with Gasteiger partial charge in [0.2, 0.25) is 0 Å². The zero-order chi connectivity index (χ0) is 13.0. The molecule has 2 heteroatoms. The Bertz CT molecular complexity index is 239. The first-order chi connectivity index (χ1) is 8.61. The molecule has 2 rings (SSSR count). The van der Waals surface area contributed by atoms with Crippen LogP contribution in [0.4, 0.5) is 0 Å². The summed E-state index contributed by atoms with van der Waals surface area (Å²) in [7, 11) is 0. The van der Waals surface area contributed by atoms with Gasteiger partial charge in [-0.3, -0.25) is 0 Å². The lowest BCUT2D eigenvalue weighted by Crippen LogP contribution is -2.36. The molecule has 18 heavy (non-hydrogen) atoms. The van der Waals surface area contributed by atoms with Crippen LogP contribution in [0.5, 0.6) is 0 Å². The van der Waals surface area contributed by atoms with Crippen LogP contribution in [0, 0.1) is 17.3 Å². The summed E-state index contributed by atoms with van der Waals surface area (Å²) in [5, 5.41) is 3.71. The quantitative estimate of drug-likeness (QED) is 0.650. The molecular formula is C16H32N2. The fourth-order valence-corrected chi connectivity index (χ4v) is 3.83. The van der Waals surface area contributed by atoms with Crippen LogP contribution < -0.4 is 11.1 Å². The van der Waals surface area contributed by atoms with Gasteiger partial charge in [0.25, 0.3) is 0 Å². The van der Waals surface area contributed by atoms with E-state index in [0.717, 1.165) is 18.4 Å². The number of hydrogen-bond donors (Lipinski definition) is 2. The first-order valence-electron chi connectivity index (χ1n) is 8.08. The minimum Gasteiger partial charge on any atom is -0.327 e. The summed E-state index contributed by atoms with van der Waals surface area (Å²) in [4.78, 5) is 0. The molecule has 1 atom stereocenters. The summed E-state index contributed by atoms with van der Waals surface area (Å²) in [6.07, 6.45) is 11.1. The van der Waals surface area contributed by atoms with E-state index in [1.54, 1.807) is 0 Å². The van der Waals surface area contributed by atoms with Crippen LogP contribution in [0.3, 0.4) is 0 Å². The van der Waals surface area contributed by atoms with Gasteiger partial charge in [-0.2, -0.15) is 0 Å². The molecular weight excluding hydrogens is 220 g/mol. The van der Waals surface area contributed by atoms with Crippen LogP contribution in [-0.2, 0) is 0 Å². The first kappa shape index (κ1) is 14.3. The van der Waals surface area contributed by atoms with Gasteiger partial charge in [-0.05, 0) is 62.3 Å². The predicted octanol–water partition coefficient (Wildman–Crippen LogP) is 3.31. The van der Waals surface area contributed by atoms with Crippen molar-refractivity contribution in [3.8, 4) is 0 Å². The summed E-state index contributed by atoms with van der Waals surface area (Å²) >= 11 is 0. The fourth-order valence-electron chi connectivity index (χ4n) is 3.83. The van der Waals surface area contributed by atoms with Crippen molar-refractivity contribution in [1.29, 1.82) is 0 Å². The molecule has 0 bridgehead atoms. The average molecular weight is 252 g/mol. The van der Waals surface area contributed by atoms with Crippen LogP contribution in [0.25, 0.3) is 0 Å². The Morgan fingerprint density at radius 3 is 2.44 bits per heavy atom. The summed E-state index contributed by atoms with van der Waals surface area (Å²) in [6, 6.07) is 0.460. The predicted molar refractivity (Wildman–Crippen MR) is 78.5 cm³/mol. The van der Waals surface area contributed by atoms with Gasteiger partial charge in [-0.15, -0.1) is 0 Å². The SMILES string of the molecule is CC(C)CC1(CNCCC(N)C2CC2)CCCC1. The normalized spacial score (nSPS) is 24.7. The first-order valence-corrected chi connectivity index (χ1v) is 8.08. The Hall–Kier alpha value is -0.0800. The van der Waals surface area contributed by atoms with Crippen LogP contribution in [0.1, 0.15) is 65.2 Å². The van der Waals surface area contributed by atoms with Gasteiger partial charge in [-0.25, -0.2) is 0 Å². The molecule has 2 aliphatic carbocycles. The van der Waals surface area contributed by atoms with E-state index >= 15 is 0 Å². The second-order valence-electron chi connectivity index (χ2n) is 7.27. The number of nitrogens with one attached hydrogen (secondary N) is 1. The summed E-state index contributed by atoms with van der Waals surface area (Å²) in [6.45, 7) is 7.08. The van der Waals surface area contributed by atoms with Gasteiger partial charge in [-0.1, -0.05) is 26.7 Å². The van der Waals surface area contributed by atoms with E-state index in [9.17, 15) is 0 Å². The third-order valence-electron chi connectivity index (χ3n) is 4.89. The summed E-state index contributed by atoms with van der Waals surface area (Å²) < 4.78 is 0. The van der Waals surface area contributed by atoms with E-state index in [1.807, 2.05) is 0 Å². The smallest absolute Gasteiger partial charge is 0.00792 e. The minimum absolute atomic E-state index is 0.460. The Labute approximate surface area is 113 Å². The highest BCUT2D eigenvalue weighted by Gasteiger charge is 2.34. The second-order valence-corrected chi connectivity index (χ2v) is 7.27. The van der Waals surface area contributed by atoms with Gasteiger partial charge >= 0.3 is 0 Å². The number of rotatable bonds is 8. The van der Waals surface area contributed by atoms with E-state index in [0.29, 0.717) is 11.5 Å². The molecule has 106 valence electrons. The third-order valence-corrected chi connectivity index (χ3v) is 4.89. The molecule has 0 aromatic carbocycles. The Kier molecular flexibility index (Phi) is 5.08. The monoisotopic (exact) mass is 252 g/mol. The highest BCUT2D eigenvalue weighted by Crippen LogP contribution is 2.42. The third kappa shape index (κ3) is 4.24. The van der Waals surface area contributed by atoms with E-state index in [1.165, 1.54) is 57.9 Å². The molecule has 2 saturated carbocycles. The molecule has 0 heterocycles. The van der Waals surface area contributed by atoms with E-state index in [4.69, 9.17) is 5.73 Å². The molecule has 0 aromatic rings. The van der Waals surface area contributed by atoms with Crippen molar-refractivity contribution in [2.75, 3.05) is 13.1 Å². The van der Waals surface area contributed by atoms with Crippen LogP contribution in [0.15, 0.2) is 0 Å². The van der Waals surface area contributed by atoms with Crippen molar-refractivity contribution in [3.63, 3.8) is 0 Å². The standard InChI is InChI=1S/C16H32N2/c1-13(2)11-16(8-3-4-9-16)12-18-10-7-15(17)14-5-6-14/h13-15,18H,3-12,17H2,1-2H3. The Balaban J connectivity index is 1.65. The minimum atomic E-state index is 0.460. The summed E-state index contributed by atoms with van der Waals surface area (Å²) in [5.74, 6) is 1.68. The maximum atomic E-state index is 6.15. The van der Waals surface area contributed by atoms with Crippen molar-refractivity contribution in [2.24, 2.45) is 23.0 Å². The van der Waals surface area contributed by atoms with Gasteiger partial charge < -0.3 is 11.1 Å². The van der Waals surface area contributed by atoms with Gasteiger partial charge in [0, 0.05) is 12.6 Å². The molecule has 0 saturated heterocycles. The average Bonchev–Trinajstić information content (AvgIpc) is 3.07. The van der Waals surface area contributed by atoms with Crippen molar-refractivity contribution in [3.05, 3.63) is 0 Å². The second kappa shape index (κ2) is 6.38. The lowest BCUT2D eigenvalue weighted by Gasteiger charge is -2.31. The Morgan fingerprint density at radius 1 is 1.22 bits per heavy atom. The van der Waals surface area contributed by atoms with Crippen molar-refractivity contribution < 1.29 is 0 Å². The Morgan fingerprint density at radius 2 is 1.89 bits per heavy atom.